The molecule has 1 unspecified atom stereocenters. The number of halogens is 1. The third-order valence-electron chi connectivity index (χ3n) is 5.18. The maximum atomic E-state index is 6.45. The monoisotopic (exact) mass is 373 g/mol. The number of benzene rings is 2. The van der Waals surface area contributed by atoms with Gasteiger partial charge in [-0.2, -0.15) is 11.8 Å². The largest absolute Gasteiger partial charge is 0.488 e. The lowest BCUT2D eigenvalue weighted by Gasteiger charge is -2.28. The highest BCUT2D eigenvalue weighted by Crippen LogP contribution is 2.43. The van der Waals surface area contributed by atoms with Gasteiger partial charge in [0.05, 0.1) is 0 Å². The van der Waals surface area contributed by atoms with Crippen LogP contribution in [0, 0.1) is 13.8 Å². The quantitative estimate of drug-likeness (QED) is 0.753. The Bertz CT molecular complexity index is 765. The van der Waals surface area contributed by atoms with Crippen molar-refractivity contribution in [1.82, 2.24) is 4.90 Å². The molecule has 25 heavy (non-hydrogen) atoms. The van der Waals surface area contributed by atoms with E-state index < -0.39 is 0 Å². The second-order valence-electron chi connectivity index (χ2n) is 7.07. The second kappa shape index (κ2) is 7.22. The molecule has 0 aliphatic carbocycles. The van der Waals surface area contributed by atoms with Crippen molar-refractivity contribution in [2.24, 2.45) is 0 Å². The van der Waals surface area contributed by atoms with E-state index in [9.17, 15) is 0 Å². The molecule has 132 valence electrons. The lowest BCUT2D eigenvalue weighted by Crippen LogP contribution is -2.39. The van der Waals surface area contributed by atoms with Gasteiger partial charge in [0, 0.05) is 48.1 Å². The SMILES string of the molecule is Cc1cccc(C)c1-c1cc(Cl)cc2c1OC(CN1CCSCC1)C2. The van der Waals surface area contributed by atoms with Gasteiger partial charge in [-0.25, -0.2) is 0 Å². The molecule has 0 aromatic heterocycles. The lowest BCUT2D eigenvalue weighted by atomic mass is 9.93. The first-order chi connectivity index (χ1) is 12.1. The summed E-state index contributed by atoms with van der Waals surface area (Å²) in [6.07, 6.45) is 1.19. The van der Waals surface area contributed by atoms with Crippen LogP contribution in [0.3, 0.4) is 0 Å². The first kappa shape index (κ1) is 17.3. The molecule has 0 N–H and O–H groups in total. The van der Waals surface area contributed by atoms with Crippen LogP contribution < -0.4 is 4.74 Å². The molecule has 2 aromatic carbocycles. The van der Waals surface area contributed by atoms with Gasteiger partial charge in [-0.15, -0.1) is 0 Å². The zero-order chi connectivity index (χ0) is 17.4. The number of rotatable bonds is 3. The first-order valence-electron chi connectivity index (χ1n) is 8.97. The smallest absolute Gasteiger partial charge is 0.131 e. The molecule has 2 aliphatic heterocycles. The summed E-state index contributed by atoms with van der Waals surface area (Å²) in [5.74, 6) is 3.51. The predicted molar refractivity (Wildman–Crippen MR) is 108 cm³/mol. The van der Waals surface area contributed by atoms with Crippen LogP contribution in [0.4, 0.5) is 0 Å². The fourth-order valence-electron chi connectivity index (χ4n) is 3.99. The third kappa shape index (κ3) is 3.55. The number of thioether (sulfide) groups is 1. The molecule has 0 spiro atoms. The number of aryl methyl sites for hydroxylation is 2. The predicted octanol–water partition coefficient (Wildman–Crippen LogP) is 4.98. The number of fused-ring (bicyclic) bond motifs is 1. The molecule has 0 amide bonds. The first-order valence-corrected chi connectivity index (χ1v) is 10.5. The normalized spacial score (nSPS) is 20.4. The van der Waals surface area contributed by atoms with Crippen molar-refractivity contribution >= 4 is 23.4 Å². The van der Waals surface area contributed by atoms with Crippen LogP contribution in [0.15, 0.2) is 30.3 Å². The summed E-state index contributed by atoms with van der Waals surface area (Å²) in [7, 11) is 0. The van der Waals surface area contributed by atoms with Crippen LogP contribution in [0.25, 0.3) is 11.1 Å². The van der Waals surface area contributed by atoms with Crippen molar-refractivity contribution in [2.45, 2.75) is 26.4 Å². The average Bonchev–Trinajstić information content (AvgIpc) is 2.97. The van der Waals surface area contributed by atoms with Crippen LogP contribution in [0.5, 0.6) is 5.75 Å². The van der Waals surface area contributed by atoms with Crippen molar-refractivity contribution in [3.63, 3.8) is 0 Å². The molecule has 1 saturated heterocycles. The number of nitrogens with zero attached hydrogens (tertiary/aromatic N) is 1. The summed E-state index contributed by atoms with van der Waals surface area (Å²) < 4.78 is 6.45. The minimum atomic E-state index is 0.236. The summed E-state index contributed by atoms with van der Waals surface area (Å²) in [6.45, 7) is 7.68. The Balaban J connectivity index is 1.65. The van der Waals surface area contributed by atoms with Crippen molar-refractivity contribution < 1.29 is 4.74 Å². The highest BCUT2D eigenvalue weighted by Gasteiger charge is 2.29. The van der Waals surface area contributed by atoms with E-state index in [1.807, 2.05) is 11.8 Å². The molecule has 0 bridgehead atoms. The molecular weight excluding hydrogens is 350 g/mol. The summed E-state index contributed by atoms with van der Waals surface area (Å²) in [5.41, 5.74) is 6.20. The molecule has 0 saturated carbocycles. The van der Waals surface area contributed by atoms with Crippen molar-refractivity contribution in [2.75, 3.05) is 31.1 Å². The fraction of sp³-hybridized carbons (Fsp3) is 0.429. The van der Waals surface area contributed by atoms with Crippen molar-refractivity contribution in [3.05, 3.63) is 52.0 Å². The Labute approximate surface area is 159 Å². The van der Waals surface area contributed by atoms with Crippen LogP contribution in [-0.4, -0.2) is 42.1 Å². The zero-order valence-electron chi connectivity index (χ0n) is 14.8. The number of ether oxygens (including phenoxy) is 1. The summed E-state index contributed by atoms with van der Waals surface area (Å²) >= 11 is 8.50. The fourth-order valence-corrected chi connectivity index (χ4v) is 5.21. The van der Waals surface area contributed by atoms with Gasteiger partial charge in [-0.1, -0.05) is 29.8 Å². The van der Waals surface area contributed by atoms with Gasteiger partial charge in [0.1, 0.15) is 11.9 Å². The van der Waals surface area contributed by atoms with E-state index in [1.54, 1.807) is 0 Å². The van der Waals surface area contributed by atoms with Crippen molar-refractivity contribution in [1.29, 1.82) is 0 Å². The molecule has 0 radical (unpaired) electrons. The molecular formula is C21H24ClNOS. The Kier molecular flexibility index (Phi) is 4.99. The van der Waals surface area contributed by atoms with Gasteiger partial charge in [0.25, 0.3) is 0 Å². The summed E-state index contributed by atoms with van der Waals surface area (Å²) in [4.78, 5) is 2.54. The Hall–Kier alpha value is -1.16. The van der Waals surface area contributed by atoms with Crippen LogP contribution >= 0.6 is 23.4 Å². The maximum absolute atomic E-state index is 6.45. The Morgan fingerprint density at radius 1 is 1.16 bits per heavy atom. The molecule has 1 fully saturated rings. The molecule has 2 aromatic rings. The highest BCUT2D eigenvalue weighted by molar-refractivity contribution is 7.99. The van der Waals surface area contributed by atoms with Crippen LogP contribution in [0.2, 0.25) is 5.02 Å². The van der Waals surface area contributed by atoms with E-state index in [0.717, 1.165) is 29.3 Å². The zero-order valence-corrected chi connectivity index (χ0v) is 16.4. The summed E-state index contributed by atoms with van der Waals surface area (Å²) in [6, 6.07) is 10.6. The minimum absolute atomic E-state index is 0.236. The average molecular weight is 374 g/mol. The van der Waals surface area contributed by atoms with Gasteiger partial charge in [-0.3, -0.25) is 4.90 Å². The third-order valence-corrected chi connectivity index (χ3v) is 6.34. The van der Waals surface area contributed by atoms with Gasteiger partial charge < -0.3 is 4.74 Å². The number of hydrogen-bond acceptors (Lipinski definition) is 3. The standard InChI is InChI=1S/C21H24ClNOS/c1-14-4-3-5-15(2)20(14)19-12-17(22)10-16-11-18(24-21(16)19)13-23-6-8-25-9-7-23/h3-5,10,12,18H,6-9,11,13H2,1-2H3. The maximum Gasteiger partial charge on any atom is 0.131 e. The molecule has 4 heteroatoms. The van der Waals surface area contributed by atoms with Crippen LogP contribution in [-0.2, 0) is 6.42 Å². The van der Waals surface area contributed by atoms with Gasteiger partial charge in [0.15, 0.2) is 0 Å². The highest BCUT2D eigenvalue weighted by atomic mass is 35.5. The van der Waals surface area contributed by atoms with Crippen LogP contribution in [0.1, 0.15) is 16.7 Å². The molecule has 2 heterocycles. The minimum Gasteiger partial charge on any atom is -0.488 e. The summed E-state index contributed by atoms with van der Waals surface area (Å²) in [5, 5.41) is 0.801. The second-order valence-corrected chi connectivity index (χ2v) is 8.73. The van der Waals surface area contributed by atoms with E-state index in [0.29, 0.717) is 0 Å². The number of hydrogen-bond donors (Lipinski definition) is 0. The van der Waals surface area contributed by atoms with E-state index in [4.69, 9.17) is 16.3 Å². The lowest BCUT2D eigenvalue weighted by molar-refractivity contribution is 0.159. The topological polar surface area (TPSA) is 12.5 Å². The van der Waals surface area contributed by atoms with Gasteiger partial charge in [-0.05, 0) is 48.2 Å². The van der Waals surface area contributed by atoms with E-state index in [2.05, 4.69) is 49.1 Å². The molecule has 2 nitrogen and oxygen atoms in total. The molecule has 4 rings (SSSR count). The molecule has 2 aliphatic rings. The van der Waals surface area contributed by atoms with E-state index >= 15 is 0 Å². The Morgan fingerprint density at radius 3 is 2.60 bits per heavy atom. The van der Waals surface area contributed by atoms with E-state index in [-0.39, 0.29) is 6.10 Å². The van der Waals surface area contributed by atoms with Gasteiger partial charge in [0.2, 0.25) is 0 Å². The van der Waals surface area contributed by atoms with E-state index in [1.165, 1.54) is 46.8 Å². The molecule has 1 atom stereocenters. The van der Waals surface area contributed by atoms with Gasteiger partial charge >= 0.3 is 0 Å². The Morgan fingerprint density at radius 2 is 1.88 bits per heavy atom. The van der Waals surface area contributed by atoms with Crippen molar-refractivity contribution in [3.8, 4) is 16.9 Å².